The second-order valence-corrected chi connectivity index (χ2v) is 4.11. The standard InChI is InChI=1S/C14H16N2O3/c1-3-4-12-9-13(16-19-12)14(17)15-10-5-7-11(18-2)8-6-10/h5-9H,3-4H2,1-2H3,(H,15,17). The summed E-state index contributed by atoms with van der Waals surface area (Å²) >= 11 is 0. The van der Waals surface area contributed by atoms with Crippen molar-refractivity contribution in [3.63, 3.8) is 0 Å². The molecule has 0 fully saturated rings. The highest BCUT2D eigenvalue weighted by molar-refractivity contribution is 6.02. The number of benzene rings is 1. The van der Waals surface area contributed by atoms with Gasteiger partial charge < -0.3 is 14.6 Å². The van der Waals surface area contributed by atoms with Gasteiger partial charge in [0.25, 0.3) is 5.91 Å². The number of methoxy groups -OCH3 is 1. The number of aryl methyl sites for hydroxylation is 1. The molecule has 100 valence electrons. The fourth-order valence-corrected chi connectivity index (χ4v) is 1.65. The number of hydrogen-bond donors (Lipinski definition) is 1. The van der Waals surface area contributed by atoms with Gasteiger partial charge in [-0.25, -0.2) is 0 Å². The lowest BCUT2D eigenvalue weighted by Gasteiger charge is -2.04. The molecule has 19 heavy (non-hydrogen) atoms. The van der Waals surface area contributed by atoms with Crippen molar-refractivity contribution in [2.75, 3.05) is 12.4 Å². The normalized spacial score (nSPS) is 10.2. The molecule has 0 atom stereocenters. The van der Waals surface area contributed by atoms with Gasteiger partial charge in [-0.3, -0.25) is 4.79 Å². The van der Waals surface area contributed by atoms with Crippen LogP contribution in [0, 0.1) is 0 Å². The summed E-state index contributed by atoms with van der Waals surface area (Å²) in [7, 11) is 1.60. The van der Waals surface area contributed by atoms with E-state index in [1.54, 1.807) is 37.4 Å². The van der Waals surface area contributed by atoms with Crippen LogP contribution in [-0.2, 0) is 6.42 Å². The fraction of sp³-hybridized carbons (Fsp3) is 0.286. The maximum Gasteiger partial charge on any atom is 0.277 e. The van der Waals surface area contributed by atoms with E-state index in [9.17, 15) is 4.79 Å². The summed E-state index contributed by atoms with van der Waals surface area (Å²) in [5.74, 6) is 1.18. The number of nitrogens with zero attached hydrogens (tertiary/aromatic N) is 1. The van der Waals surface area contributed by atoms with E-state index in [1.807, 2.05) is 6.92 Å². The van der Waals surface area contributed by atoms with Crippen LogP contribution in [0.2, 0.25) is 0 Å². The van der Waals surface area contributed by atoms with Gasteiger partial charge in [-0.15, -0.1) is 0 Å². The Hall–Kier alpha value is -2.30. The molecule has 0 aliphatic rings. The highest BCUT2D eigenvalue weighted by Crippen LogP contribution is 2.16. The third-order valence-corrected chi connectivity index (χ3v) is 2.64. The monoisotopic (exact) mass is 260 g/mol. The van der Waals surface area contributed by atoms with Gasteiger partial charge in [0.2, 0.25) is 0 Å². The zero-order chi connectivity index (χ0) is 13.7. The molecule has 1 aromatic heterocycles. The van der Waals surface area contributed by atoms with Crippen molar-refractivity contribution in [1.82, 2.24) is 5.16 Å². The van der Waals surface area contributed by atoms with E-state index in [4.69, 9.17) is 9.26 Å². The van der Waals surface area contributed by atoms with E-state index in [-0.39, 0.29) is 5.91 Å². The van der Waals surface area contributed by atoms with Gasteiger partial charge in [-0.1, -0.05) is 12.1 Å². The van der Waals surface area contributed by atoms with E-state index in [0.717, 1.165) is 24.4 Å². The van der Waals surface area contributed by atoms with Gasteiger partial charge in [0.05, 0.1) is 7.11 Å². The molecule has 0 unspecified atom stereocenters. The first-order valence-corrected chi connectivity index (χ1v) is 6.14. The van der Waals surface area contributed by atoms with Crippen molar-refractivity contribution in [3.8, 4) is 5.75 Å². The first kappa shape index (κ1) is 13.1. The highest BCUT2D eigenvalue weighted by atomic mass is 16.5. The molecule has 2 rings (SSSR count). The van der Waals surface area contributed by atoms with Crippen LogP contribution >= 0.6 is 0 Å². The van der Waals surface area contributed by atoms with Crippen LogP contribution in [-0.4, -0.2) is 18.2 Å². The van der Waals surface area contributed by atoms with Gasteiger partial charge in [0.15, 0.2) is 5.69 Å². The van der Waals surface area contributed by atoms with Crippen LogP contribution in [0.4, 0.5) is 5.69 Å². The van der Waals surface area contributed by atoms with Crippen LogP contribution in [0.25, 0.3) is 0 Å². The van der Waals surface area contributed by atoms with Crippen LogP contribution in [0.1, 0.15) is 29.6 Å². The molecular weight excluding hydrogens is 244 g/mol. The lowest BCUT2D eigenvalue weighted by atomic mass is 10.2. The summed E-state index contributed by atoms with van der Waals surface area (Å²) in [6.45, 7) is 2.04. The molecule has 0 aliphatic heterocycles. The molecule has 0 saturated heterocycles. The van der Waals surface area contributed by atoms with Crippen molar-refractivity contribution in [1.29, 1.82) is 0 Å². The summed E-state index contributed by atoms with van der Waals surface area (Å²) < 4.78 is 10.1. The summed E-state index contributed by atoms with van der Waals surface area (Å²) in [6.07, 6.45) is 1.73. The predicted octanol–water partition coefficient (Wildman–Crippen LogP) is 2.89. The minimum Gasteiger partial charge on any atom is -0.497 e. The number of carbonyl (C=O) groups excluding carboxylic acids is 1. The molecule has 0 saturated carbocycles. The van der Waals surface area contributed by atoms with Crippen molar-refractivity contribution < 1.29 is 14.1 Å². The van der Waals surface area contributed by atoms with E-state index < -0.39 is 0 Å². The number of aromatic nitrogens is 1. The van der Waals surface area contributed by atoms with E-state index in [1.165, 1.54) is 0 Å². The molecule has 2 aromatic rings. The van der Waals surface area contributed by atoms with Gasteiger partial charge in [0, 0.05) is 18.2 Å². The van der Waals surface area contributed by atoms with Crippen molar-refractivity contribution in [2.24, 2.45) is 0 Å². The molecular formula is C14H16N2O3. The van der Waals surface area contributed by atoms with Crippen molar-refractivity contribution in [2.45, 2.75) is 19.8 Å². The number of hydrogen-bond acceptors (Lipinski definition) is 4. The summed E-state index contributed by atoms with van der Waals surface area (Å²) in [6, 6.07) is 8.76. The molecule has 5 nitrogen and oxygen atoms in total. The fourth-order valence-electron chi connectivity index (χ4n) is 1.65. The zero-order valence-electron chi connectivity index (χ0n) is 11.0. The predicted molar refractivity (Wildman–Crippen MR) is 71.4 cm³/mol. The molecule has 0 aliphatic carbocycles. The lowest BCUT2D eigenvalue weighted by Crippen LogP contribution is -2.12. The topological polar surface area (TPSA) is 64.4 Å². The Morgan fingerprint density at radius 2 is 2.11 bits per heavy atom. The maximum absolute atomic E-state index is 11.9. The Labute approximate surface area is 111 Å². The molecule has 1 aromatic carbocycles. The molecule has 0 radical (unpaired) electrons. The van der Waals surface area contributed by atoms with Gasteiger partial charge >= 0.3 is 0 Å². The van der Waals surface area contributed by atoms with Crippen LogP contribution in [0.15, 0.2) is 34.9 Å². The molecule has 1 heterocycles. The van der Waals surface area contributed by atoms with Crippen LogP contribution < -0.4 is 10.1 Å². The third-order valence-electron chi connectivity index (χ3n) is 2.64. The molecule has 1 amide bonds. The smallest absolute Gasteiger partial charge is 0.277 e. The molecule has 5 heteroatoms. The lowest BCUT2D eigenvalue weighted by molar-refractivity contribution is 0.101. The molecule has 1 N–H and O–H groups in total. The number of ether oxygens (including phenoxy) is 1. The maximum atomic E-state index is 11.9. The van der Waals surface area contributed by atoms with Gasteiger partial charge in [-0.05, 0) is 30.7 Å². The number of amides is 1. The zero-order valence-corrected chi connectivity index (χ0v) is 11.0. The Morgan fingerprint density at radius 1 is 1.37 bits per heavy atom. The van der Waals surface area contributed by atoms with E-state index in [0.29, 0.717) is 11.4 Å². The van der Waals surface area contributed by atoms with Gasteiger partial charge in [-0.2, -0.15) is 0 Å². The van der Waals surface area contributed by atoms with E-state index >= 15 is 0 Å². The van der Waals surface area contributed by atoms with Crippen LogP contribution in [0.5, 0.6) is 5.75 Å². The van der Waals surface area contributed by atoms with E-state index in [2.05, 4.69) is 10.5 Å². The quantitative estimate of drug-likeness (QED) is 0.897. The minimum absolute atomic E-state index is 0.281. The average molecular weight is 260 g/mol. The summed E-state index contributed by atoms with van der Waals surface area (Å²) in [5, 5.41) is 6.50. The Bertz CT molecular complexity index is 546. The number of rotatable bonds is 5. The average Bonchev–Trinajstić information content (AvgIpc) is 2.89. The number of nitrogens with one attached hydrogen (secondary N) is 1. The highest BCUT2D eigenvalue weighted by Gasteiger charge is 2.12. The Balaban J connectivity index is 2.02. The Kier molecular flexibility index (Phi) is 4.18. The van der Waals surface area contributed by atoms with Crippen LogP contribution in [0.3, 0.4) is 0 Å². The van der Waals surface area contributed by atoms with Crippen molar-refractivity contribution >= 4 is 11.6 Å². The largest absolute Gasteiger partial charge is 0.497 e. The third kappa shape index (κ3) is 3.34. The van der Waals surface area contributed by atoms with Crippen molar-refractivity contribution in [3.05, 3.63) is 41.8 Å². The Morgan fingerprint density at radius 3 is 2.74 bits per heavy atom. The summed E-state index contributed by atoms with van der Waals surface area (Å²) in [4.78, 5) is 11.9. The van der Waals surface area contributed by atoms with Gasteiger partial charge in [0.1, 0.15) is 11.5 Å². The SMILES string of the molecule is CCCc1cc(C(=O)Nc2ccc(OC)cc2)no1. The second kappa shape index (κ2) is 6.04. The molecule has 0 bridgehead atoms. The number of anilines is 1. The first-order valence-electron chi connectivity index (χ1n) is 6.14. The first-order chi connectivity index (χ1) is 9.22. The summed E-state index contributed by atoms with van der Waals surface area (Å²) in [5.41, 5.74) is 0.977. The molecule has 0 spiro atoms. The number of carbonyl (C=O) groups is 1. The second-order valence-electron chi connectivity index (χ2n) is 4.11. The minimum atomic E-state index is -0.281.